The van der Waals surface area contributed by atoms with Crippen LogP contribution in [0.4, 0.5) is 0 Å². The van der Waals surface area contributed by atoms with Gasteiger partial charge in [-0.2, -0.15) is 0 Å². The molecule has 0 aliphatic rings. The molecule has 0 aliphatic heterocycles. The van der Waals surface area contributed by atoms with Crippen LogP contribution in [0.15, 0.2) is 72.8 Å². The average molecular weight is 491 g/mol. The molecule has 0 saturated carbocycles. The van der Waals surface area contributed by atoms with E-state index in [4.69, 9.17) is 18.9 Å². The number of carbonyl (C=O) groups excluding carboxylic acids is 2. The molecule has 190 valence electrons. The van der Waals surface area contributed by atoms with Crippen molar-refractivity contribution in [1.29, 1.82) is 0 Å². The van der Waals surface area contributed by atoms with Gasteiger partial charge in [-0.15, -0.1) is 0 Å². The minimum Gasteiger partial charge on any atom is -0.427 e. The molecule has 3 aromatic rings. The molecular weight excluding hydrogens is 456 g/mol. The predicted molar refractivity (Wildman–Crippen MR) is 138 cm³/mol. The second-order valence-corrected chi connectivity index (χ2v) is 8.54. The van der Waals surface area contributed by atoms with E-state index in [-0.39, 0.29) is 24.8 Å². The van der Waals surface area contributed by atoms with E-state index < -0.39 is 0 Å². The molecule has 0 radical (unpaired) electrons. The minimum atomic E-state index is -0.309. The molecule has 3 aromatic carbocycles. The number of rotatable bonds is 14. The summed E-state index contributed by atoms with van der Waals surface area (Å²) >= 11 is 0. The van der Waals surface area contributed by atoms with E-state index in [2.05, 4.69) is 24.3 Å². The van der Waals surface area contributed by atoms with E-state index in [1.807, 2.05) is 24.3 Å². The number of benzene rings is 3. The maximum Gasteiger partial charge on any atom is 0.311 e. The molecule has 0 N–H and O–H groups in total. The molecular formula is C30H34O6. The third kappa shape index (κ3) is 9.64. The summed E-state index contributed by atoms with van der Waals surface area (Å²) < 4.78 is 21.0. The smallest absolute Gasteiger partial charge is 0.311 e. The number of ether oxygens (including phenoxy) is 4. The second kappa shape index (κ2) is 14.8. The summed E-state index contributed by atoms with van der Waals surface area (Å²) in [6.07, 6.45) is 3.51. The van der Waals surface area contributed by atoms with Gasteiger partial charge in [-0.05, 0) is 72.2 Å². The van der Waals surface area contributed by atoms with Crippen LogP contribution in [-0.4, -0.2) is 39.4 Å². The third-order valence-corrected chi connectivity index (χ3v) is 5.76. The van der Waals surface area contributed by atoms with Crippen LogP contribution in [-0.2, 0) is 44.7 Å². The fraction of sp³-hybridized carbons (Fsp3) is 0.333. The summed E-state index contributed by atoms with van der Waals surface area (Å²) in [6.45, 7) is 1.38. The Morgan fingerprint density at radius 3 is 1.11 bits per heavy atom. The quantitative estimate of drug-likeness (QED) is 0.230. The van der Waals surface area contributed by atoms with E-state index in [0.29, 0.717) is 37.6 Å². The molecule has 6 nitrogen and oxygen atoms in total. The first kappa shape index (κ1) is 27.1. The molecule has 0 saturated heterocycles. The van der Waals surface area contributed by atoms with Crippen LogP contribution in [0, 0.1) is 0 Å². The van der Waals surface area contributed by atoms with Crippen LogP contribution >= 0.6 is 0 Å². The van der Waals surface area contributed by atoms with E-state index in [1.54, 1.807) is 38.5 Å². The largest absolute Gasteiger partial charge is 0.427 e. The molecule has 0 unspecified atom stereocenters. The fourth-order valence-corrected chi connectivity index (χ4v) is 3.62. The number of methoxy groups -OCH3 is 2. The summed E-state index contributed by atoms with van der Waals surface area (Å²) in [7, 11) is 3.38. The summed E-state index contributed by atoms with van der Waals surface area (Å²) in [5.74, 6) is 0.222. The summed E-state index contributed by atoms with van der Waals surface area (Å²) in [4.78, 5) is 24.4. The molecule has 0 amide bonds. The van der Waals surface area contributed by atoms with Crippen LogP contribution in [0.1, 0.15) is 35.1 Å². The minimum absolute atomic E-state index is 0.279. The monoisotopic (exact) mass is 490 g/mol. The van der Waals surface area contributed by atoms with Crippen molar-refractivity contribution in [2.75, 3.05) is 27.4 Å². The van der Waals surface area contributed by atoms with E-state index >= 15 is 0 Å². The topological polar surface area (TPSA) is 71.1 Å². The van der Waals surface area contributed by atoms with Crippen molar-refractivity contribution >= 4 is 11.9 Å². The number of aryl methyl sites for hydroxylation is 2. The van der Waals surface area contributed by atoms with Crippen LogP contribution < -0.4 is 9.47 Å². The Hall–Kier alpha value is -3.48. The molecule has 0 atom stereocenters. The third-order valence-electron chi connectivity index (χ3n) is 5.76. The number of carbonyl (C=O) groups is 2. The number of hydrogen-bond donors (Lipinski definition) is 0. The van der Waals surface area contributed by atoms with Crippen molar-refractivity contribution in [1.82, 2.24) is 0 Å². The maximum absolute atomic E-state index is 12.2. The van der Waals surface area contributed by atoms with Crippen molar-refractivity contribution in [3.8, 4) is 11.5 Å². The van der Waals surface area contributed by atoms with Crippen LogP contribution in [0.25, 0.3) is 0 Å². The van der Waals surface area contributed by atoms with E-state index in [1.165, 1.54) is 11.1 Å². The van der Waals surface area contributed by atoms with Crippen molar-refractivity contribution in [3.63, 3.8) is 0 Å². The van der Waals surface area contributed by atoms with E-state index in [9.17, 15) is 9.59 Å². The molecule has 0 spiro atoms. The highest BCUT2D eigenvalue weighted by Crippen LogP contribution is 2.19. The molecule has 0 heterocycles. The first-order valence-corrected chi connectivity index (χ1v) is 12.2. The number of esters is 2. The van der Waals surface area contributed by atoms with Crippen LogP contribution in [0.5, 0.6) is 11.5 Å². The van der Waals surface area contributed by atoms with Crippen molar-refractivity contribution in [2.45, 2.75) is 38.5 Å². The van der Waals surface area contributed by atoms with Crippen LogP contribution in [0.2, 0.25) is 0 Å². The highest BCUT2D eigenvalue weighted by Gasteiger charge is 2.09. The maximum atomic E-state index is 12.2. The lowest BCUT2D eigenvalue weighted by atomic mass is 10.1. The van der Waals surface area contributed by atoms with Crippen molar-refractivity contribution < 1.29 is 28.5 Å². The Morgan fingerprint density at radius 2 is 0.806 bits per heavy atom. The zero-order valence-corrected chi connectivity index (χ0v) is 21.0. The molecule has 6 heteroatoms. The van der Waals surface area contributed by atoms with Gasteiger partial charge >= 0.3 is 11.9 Å². The Morgan fingerprint density at radius 1 is 0.500 bits per heavy atom. The Kier molecular flexibility index (Phi) is 11.2. The molecule has 0 bridgehead atoms. The first-order valence-electron chi connectivity index (χ1n) is 12.2. The molecule has 36 heavy (non-hydrogen) atoms. The zero-order valence-electron chi connectivity index (χ0n) is 21.0. The van der Waals surface area contributed by atoms with Gasteiger partial charge in [-0.3, -0.25) is 9.59 Å². The fourth-order valence-electron chi connectivity index (χ4n) is 3.62. The normalized spacial score (nSPS) is 10.7. The molecule has 3 rings (SSSR count). The molecule has 0 aromatic heterocycles. The van der Waals surface area contributed by atoms with Crippen molar-refractivity contribution in [2.24, 2.45) is 0 Å². The predicted octanol–water partition coefficient (Wildman–Crippen LogP) is 5.14. The standard InChI is InChI=1S/C30H34O6/c1-33-21-19-25-7-3-23(4-8-25)11-17-29(31)35-27-13-15-28(16-14-27)36-30(32)18-12-24-5-9-26(10-6-24)20-22-34-2/h3-10,13-16H,11-12,17-22H2,1-2H3. The average Bonchev–Trinajstić information content (AvgIpc) is 2.90. The lowest BCUT2D eigenvalue weighted by Crippen LogP contribution is -2.10. The van der Waals surface area contributed by atoms with Gasteiger partial charge in [0.1, 0.15) is 11.5 Å². The zero-order chi connectivity index (χ0) is 25.6. The Bertz CT molecular complexity index is 983. The second-order valence-electron chi connectivity index (χ2n) is 8.54. The number of hydrogen-bond acceptors (Lipinski definition) is 6. The van der Waals surface area contributed by atoms with Crippen molar-refractivity contribution in [3.05, 3.63) is 95.1 Å². The highest BCUT2D eigenvalue weighted by atomic mass is 16.5. The first-order chi connectivity index (χ1) is 17.6. The lowest BCUT2D eigenvalue weighted by Gasteiger charge is -2.08. The van der Waals surface area contributed by atoms with E-state index in [0.717, 1.165) is 24.0 Å². The van der Waals surface area contributed by atoms with Gasteiger partial charge in [0, 0.05) is 27.1 Å². The van der Waals surface area contributed by atoms with Gasteiger partial charge in [-0.1, -0.05) is 48.5 Å². The Labute approximate surface area is 213 Å². The molecule has 0 aliphatic carbocycles. The van der Waals surface area contributed by atoms with Gasteiger partial charge < -0.3 is 18.9 Å². The lowest BCUT2D eigenvalue weighted by molar-refractivity contribution is -0.135. The Balaban J connectivity index is 1.37. The van der Waals surface area contributed by atoms with Crippen LogP contribution in [0.3, 0.4) is 0 Å². The van der Waals surface area contributed by atoms with Gasteiger partial charge in [0.05, 0.1) is 13.2 Å². The van der Waals surface area contributed by atoms with Gasteiger partial charge in [0.25, 0.3) is 0 Å². The summed E-state index contributed by atoms with van der Waals surface area (Å²) in [5, 5.41) is 0. The SMILES string of the molecule is COCCc1ccc(CCC(=O)Oc2ccc(OC(=O)CCc3ccc(CCOC)cc3)cc2)cc1. The highest BCUT2D eigenvalue weighted by molar-refractivity contribution is 5.74. The summed E-state index contributed by atoms with van der Waals surface area (Å²) in [5.41, 5.74) is 4.57. The van der Waals surface area contributed by atoms with Gasteiger partial charge in [0.15, 0.2) is 0 Å². The van der Waals surface area contributed by atoms with Gasteiger partial charge in [-0.25, -0.2) is 0 Å². The summed E-state index contributed by atoms with van der Waals surface area (Å²) in [6, 6.07) is 22.8. The molecule has 0 fully saturated rings. The van der Waals surface area contributed by atoms with Gasteiger partial charge in [0.2, 0.25) is 0 Å².